The number of pyridine rings is 1. The maximum absolute atomic E-state index is 11.8. The molecule has 1 aromatic carbocycles. The molecule has 25 heavy (non-hydrogen) atoms. The third-order valence-electron chi connectivity index (χ3n) is 3.62. The van der Waals surface area contributed by atoms with Gasteiger partial charge in [0.05, 0.1) is 11.3 Å². The Morgan fingerprint density at radius 2 is 1.88 bits per heavy atom. The zero-order chi connectivity index (χ0) is 17.8. The van der Waals surface area contributed by atoms with Gasteiger partial charge in [0, 0.05) is 18.4 Å². The molecule has 8 heteroatoms. The first-order valence-electron chi connectivity index (χ1n) is 7.98. The summed E-state index contributed by atoms with van der Waals surface area (Å²) in [6.07, 6.45) is 0.799. The minimum Gasteiger partial charge on any atom is -0.486 e. The average Bonchev–Trinajstić information content (AvgIpc) is 2.62. The molecule has 0 saturated carbocycles. The fraction of sp³-hybridized carbons (Fsp3) is 0.353. The highest BCUT2D eigenvalue weighted by atomic mass is 32.2. The monoisotopic (exact) mass is 361 g/mol. The van der Waals surface area contributed by atoms with Gasteiger partial charge in [-0.05, 0) is 24.1 Å². The second kappa shape index (κ2) is 7.60. The molecule has 2 amide bonds. The summed E-state index contributed by atoms with van der Waals surface area (Å²) >= 11 is 1.34. The number of benzene rings is 1. The Balaban J connectivity index is 1.81. The largest absolute Gasteiger partial charge is 0.486 e. The zero-order valence-electron chi connectivity index (χ0n) is 14.0. The van der Waals surface area contributed by atoms with Gasteiger partial charge in [-0.2, -0.15) is 0 Å². The van der Waals surface area contributed by atoms with Gasteiger partial charge in [0.2, 0.25) is 11.8 Å². The molecule has 0 fully saturated rings. The fourth-order valence-electron chi connectivity index (χ4n) is 2.44. The molecule has 1 aromatic heterocycles. The van der Waals surface area contributed by atoms with Crippen molar-refractivity contribution in [2.45, 2.75) is 25.3 Å². The summed E-state index contributed by atoms with van der Waals surface area (Å²) in [4.78, 5) is 27.3. The van der Waals surface area contributed by atoms with Crippen LogP contribution in [0.1, 0.15) is 19.4 Å². The zero-order valence-corrected chi connectivity index (χ0v) is 14.9. The smallest absolute Gasteiger partial charge is 0.248 e. The molecule has 0 radical (unpaired) electrons. The lowest BCUT2D eigenvalue weighted by Crippen LogP contribution is -2.41. The summed E-state index contributed by atoms with van der Waals surface area (Å²) < 4.78 is 11.2. The summed E-state index contributed by atoms with van der Waals surface area (Å²) in [6, 6.07) is 5.87. The number of carbonyl (C=O) groups is 2. The predicted octanol–water partition coefficient (Wildman–Crippen LogP) is 1.83. The van der Waals surface area contributed by atoms with E-state index in [-0.39, 0.29) is 17.6 Å². The highest BCUT2D eigenvalue weighted by Crippen LogP contribution is 2.35. The Morgan fingerprint density at radius 3 is 2.56 bits per heavy atom. The number of thioether (sulfide) groups is 1. The average molecular weight is 361 g/mol. The van der Waals surface area contributed by atoms with E-state index in [0.717, 1.165) is 33.7 Å². The summed E-state index contributed by atoms with van der Waals surface area (Å²) in [6.45, 7) is 4.45. The molecule has 0 atom stereocenters. The minimum atomic E-state index is -0.316. The maximum Gasteiger partial charge on any atom is 0.248 e. The van der Waals surface area contributed by atoms with Crippen LogP contribution in [0.2, 0.25) is 0 Å². The summed E-state index contributed by atoms with van der Waals surface area (Å²) in [7, 11) is 0. The molecule has 0 unspecified atom stereocenters. The van der Waals surface area contributed by atoms with Crippen LogP contribution < -0.4 is 20.3 Å². The number of rotatable bonds is 4. The topological polar surface area (TPSA) is 89.6 Å². The second-order valence-corrected chi connectivity index (χ2v) is 6.48. The third-order valence-corrected chi connectivity index (χ3v) is 4.65. The Hall–Kier alpha value is -2.48. The lowest BCUT2D eigenvalue weighted by atomic mass is 10.1. The van der Waals surface area contributed by atoms with Crippen molar-refractivity contribution in [2.24, 2.45) is 0 Å². The molecule has 1 aliphatic rings. The molecular formula is C17H19N3O4S. The number of carbonyl (C=O) groups excluding carboxylic acids is 2. The van der Waals surface area contributed by atoms with Gasteiger partial charge < -0.3 is 9.47 Å². The van der Waals surface area contributed by atoms with Gasteiger partial charge in [-0.3, -0.25) is 20.4 Å². The Kier molecular flexibility index (Phi) is 5.28. The van der Waals surface area contributed by atoms with E-state index in [1.807, 2.05) is 19.1 Å². The maximum atomic E-state index is 11.8. The molecule has 0 saturated heterocycles. The number of ether oxygens (including phenoxy) is 2. The summed E-state index contributed by atoms with van der Waals surface area (Å²) in [5, 5.41) is 1.78. The van der Waals surface area contributed by atoms with Crippen LogP contribution in [0.5, 0.6) is 11.5 Å². The molecule has 2 aromatic rings. The van der Waals surface area contributed by atoms with Crippen molar-refractivity contribution in [3.8, 4) is 11.5 Å². The van der Waals surface area contributed by atoms with Gasteiger partial charge in [-0.15, -0.1) is 0 Å². The van der Waals surface area contributed by atoms with E-state index in [1.165, 1.54) is 18.7 Å². The van der Waals surface area contributed by atoms with Crippen LogP contribution in [0.15, 0.2) is 23.2 Å². The van der Waals surface area contributed by atoms with Crippen molar-refractivity contribution in [1.29, 1.82) is 0 Å². The number of fused-ring (bicyclic) bond motifs is 2. The van der Waals surface area contributed by atoms with Gasteiger partial charge in [0.15, 0.2) is 11.5 Å². The van der Waals surface area contributed by atoms with Gasteiger partial charge >= 0.3 is 0 Å². The number of aromatic nitrogens is 1. The van der Waals surface area contributed by atoms with Gasteiger partial charge in [0.1, 0.15) is 18.2 Å². The van der Waals surface area contributed by atoms with Gasteiger partial charge in [-0.25, -0.2) is 4.98 Å². The van der Waals surface area contributed by atoms with Crippen LogP contribution >= 0.6 is 11.8 Å². The van der Waals surface area contributed by atoms with Crippen molar-refractivity contribution >= 4 is 34.5 Å². The fourth-order valence-corrected chi connectivity index (χ4v) is 3.33. The van der Waals surface area contributed by atoms with Crippen LogP contribution in [0.4, 0.5) is 0 Å². The van der Waals surface area contributed by atoms with Crippen LogP contribution in [0, 0.1) is 0 Å². The Morgan fingerprint density at radius 1 is 1.16 bits per heavy atom. The number of nitrogens with one attached hydrogen (secondary N) is 2. The SMILES string of the molecule is CCc1cc2cc3c(cc2nc1SCC(=O)NNC(C)=O)OCCO3. The third kappa shape index (κ3) is 4.14. The molecule has 132 valence electrons. The number of aryl methyl sites for hydroxylation is 1. The van der Waals surface area contributed by atoms with Crippen molar-refractivity contribution in [1.82, 2.24) is 15.8 Å². The first-order valence-corrected chi connectivity index (χ1v) is 8.97. The minimum absolute atomic E-state index is 0.163. The molecule has 2 heterocycles. The van der Waals surface area contributed by atoms with Crippen molar-refractivity contribution < 1.29 is 19.1 Å². The molecule has 2 N–H and O–H groups in total. The Labute approximate surface area is 149 Å². The lowest BCUT2D eigenvalue weighted by Gasteiger charge is -2.19. The first kappa shape index (κ1) is 17.3. The predicted molar refractivity (Wildman–Crippen MR) is 94.8 cm³/mol. The molecule has 1 aliphatic heterocycles. The Bertz CT molecular complexity index is 825. The van der Waals surface area contributed by atoms with Crippen LogP contribution in [-0.4, -0.2) is 35.8 Å². The highest BCUT2D eigenvalue weighted by molar-refractivity contribution is 7.99. The summed E-state index contributed by atoms with van der Waals surface area (Å²) in [5.41, 5.74) is 6.47. The molecule has 0 bridgehead atoms. The quantitative estimate of drug-likeness (QED) is 0.638. The molecular weight excluding hydrogens is 342 g/mol. The standard InChI is InChI=1S/C17H19N3O4S/c1-3-11-6-12-7-14-15(24-5-4-23-14)8-13(12)18-17(11)25-9-16(22)20-19-10(2)21/h6-8H,3-5,9H2,1-2H3,(H,19,21)(H,20,22). The van der Waals surface area contributed by atoms with E-state index >= 15 is 0 Å². The van der Waals surface area contributed by atoms with Crippen molar-refractivity contribution in [3.05, 3.63) is 23.8 Å². The number of hydrogen-bond donors (Lipinski definition) is 2. The normalized spacial score (nSPS) is 12.7. The first-order chi connectivity index (χ1) is 12.1. The number of hydrogen-bond acceptors (Lipinski definition) is 6. The van der Waals surface area contributed by atoms with Crippen LogP contribution in [0.25, 0.3) is 10.9 Å². The molecule has 0 aliphatic carbocycles. The van der Waals surface area contributed by atoms with Crippen LogP contribution in [-0.2, 0) is 16.0 Å². The van der Waals surface area contributed by atoms with Crippen LogP contribution in [0.3, 0.4) is 0 Å². The van der Waals surface area contributed by atoms with Crippen molar-refractivity contribution in [3.63, 3.8) is 0 Å². The van der Waals surface area contributed by atoms with E-state index < -0.39 is 0 Å². The van der Waals surface area contributed by atoms with Gasteiger partial charge in [0.25, 0.3) is 0 Å². The number of hydrazine groups is 1. The van der Waals surface area contributed by atoms with E-state index in [9.17, 15) is 9.59 Å². The molecule has 0 spiro atoms. The van der Waals surface area contributed by atoms with E-state index in [0.29, 0.717) is 19.0 Å². The van der Waals surface area contributed by atoms with Crippen molar-refractivity contribution in [2.75, 3.05) is 19.0 Å². The lowest BCUT2D eigenvalue weighted by molar-refractivity contribution is -0.126. The van der Waals surface area contributed by atoms with E-state index in [1.54, 1.807) is 0 Å². The summed E-state index contributed by atoms with van der Waals surface area (Å²) in [5.74, 6) is 0.985. The van der Waals surface area contributed by atoms with E-state index in [4.69, 9.17) is 9.47 Å². The molecule has 7 nitrogen and oxygen atoms in total. The second-order valence-electron chi connectivity index (χ2n) is 5.51. The number of nitrogens with zero attached hydrogens (tertiary/aromatic N) is 1. The highest BCUT2D eigenvalue weighted by Gasteiger charge is 2.15. The number of amides is 2. The van der Waals surface area contributed by atoms with E-state index in [2.05, 4.69) is 21.9 Å². The van der Waals surface area contributed by atoms with Gasteiger partial charge in [-0.1, -0.05) is 18.7 Å². The molecule has 3 rings (SSSR count).